The van der Waals surface area contributed by atoms with Crippen LogP contribution in [0.1, 0.15) is 181 Å². The van der Waals surface area contributed by atoms with E-state index in [1.54, 1.807) is 0 Å². The second kappa shape index (κ2) is 36.8. The summed E-state index contributed by atoms with van der Waals surface area (Å²) >= 11 is 0. The molecule has 0 aromatic heterocycles. The fourth-order valence-electron chi connectivity index (χ4n) is 5.68. The Morgan fingerprint density at radius 3 is 1.52 bits per heavy atom. The number of nitrogens with zero attached hydrogens (tertiary/aromatic N) is 1. The maximum absolute atomic E-state index is 12.7. The van der Waals surface area contributed by atoms with Crippen LogP contribution in [0, 0.1) is 0 Å². The monoisotopic (exact) mass is 784 g/mol. The first-order valence-corrected chi connectivity index (χ1v) is 23.2. The summed E-state index contributed by atoms with van der Waals surface area (Å²) in [6.45, 7) is 4.16. The Bertz CT molecular complexity index is 1020. The predicted octanol–water partition coefficient (Wildman–Crippen LogP) is 11.5. The van der Waals surface area contributed by atoms with Gasteiger partial charge < -0.3 is 27.9 Å². The molecule has 0 radical (unpaired) electrons. The minimum absolute atomic E-state index is 0.0340. The Morgan fingerprint density at radius 1 is 0.574 bits per heavy atom. The minimum Gasteiger partial charge on any atom is -0.756 e. The number of likely N-dealkylation sites (N-methyl/N-ethyl adjacent to an activating group) is 1. The van der Waals surface area contributed by atoms with E-state index >= 15 is 0 Å². The Morgan fingerprint density at radius 2 is 1.00 bits per heavy atom. The number of unbranched alkanes of at least 4 members (excludes halogenated alkanes) is 19. The predicted molar refractivity (Wildman–Crippen MR) is 222 cm³/mol. The molecule has 0 aliphatic carbocycles. The van der Waals surface area contributed by atoms with Crippen molar-refractivity contribution >= 4 is 19.8 Å². The van der Waals surface area contributed by atoms with Crippen molar-refractivity contribution < 1.29 is 42.1 Å². The summed E-state index contributed by atoms with van der Waals surface area (Å²) in [6.07, 6.45) is 40.2. The summed E-state index contributed by atoms with van der Waals surface area (Å²) in [5, 5.41) is 0. The number of rotatable bonds is 39. The van der Waals surface area contributed by atoms with Crippen molar-refractivity contribution in [3.8, 4) is 0 Å². The van der Waals surface area contributed by atoms with E-state index in [0.717, 1.165) is 70.6 Å². The van der Waals surface area contributed by atoms with Gasteiger partial charge in [-0.2, -0.15) is 0 Å². The van der Waals surface area contributed by atoms with E-state index in [0.29, 0.717) is 17.4 Å². The molecule has 0 rings (SSSR count). The molecule has 0 bridgehead atoms. The highest BCUT2D eigenvalue weighted by Crippen LogP contribution is 2.38. The molecular formula is C44H82NO8P. The standard InChI is InChI=1S/C44H82NO8P/c1-6-8-10-12-14-16-18-20-21-22-23-25-27-29-31-33-35-37-44(47)53-42(41-52-54(48,49)51-39-38-45(3,4)5)40-50-43(46)36-34-32-30-28-26-24-19-17-15-13-11-9-7-2/h14,16-17,19-21,42H,6-13,15,18,22-41H2,1-5H3/b16-14+,19-17+,21-20+/t42-/m1/s1. The number of phosphoric ester groups is 1. The smallest absolute Gasteiger partial charge is 0.306 e. The highest BCUT2D eigenvalue weighted by Gasteiger charge is 2.21. The van der Waals surface area contributed by atoms with Crippen molar-refractivity contribution in [1.82, 2.24) is 0 Å². The van der Waals surface area contributed by atoms with Crippen LogP contribution in [0.15, 0.2) is 36.5 Å². The second-order valence-electron chi connectivity index (χ2n) is 15.7. The van der Waals surface area contributed by atoms with Crippen LogP contribution in [-0.2, 0) is 32.7 Å². The molecule has 0 aromatic carbocycles. The lowest BCUT2D eigenvalue weighted by Crippen LogP contribution is -2.37. The maximum atomic E-state index is 12.7. The zero-order valence-electron chi connectivity index (χ0n) is 35.4. The molecule has 0 aliphatic rings. The van der Waals surface area contributed by atoms with E-state index in [-0.39, 0.29) is 26.1 Å². The molecule has 10 heteroatoms. The molecule has 9 nitrogen and oxygen atoms in total. The molecule has 2 atom stereocenters. The molecule has 0 amide bonds. The molecule has 0 aliphatic heterocycles. The Hall–Kier alpha value is -1.77. The van der Waals surface area contributed by atoms with Crippen molar-refractivity contribution in [3.63, 3.8) is 0 Å². The van der Waals surface area contributed by atoms with E-state index in [9.17, 15) is 19.0 Å². The van der Waals surface area contributed by atoms with E-state index in [1.807, 2.05) is 21.1 Å². The molecule has 316 valence electrons. The first kappa shape index (κ1) is 52.2. The largest absolute Gasteiger partial charge is 0.756 e. The lowest BCUT2D eigenvalue weighted by molar-refractivity contribution is -0.870. The molecule has 0 spiro atoms. The average Bonchev–Trinajstić information content (AvgIpc) is 3.12. The third kappa shape index (κ3) is 39.9. The maximum Gasteiger partial charge on any atom is 0.306 e. The summed E-state index contributed by atoms with van der Waals surface area (Å²) in [6, 6.07) is 0. The van der Waals surface area contributed by atoms with Gasteiger partial charge in [-0.3, -0.25) is 14.2 Å². The van der Waals surface area contributed by atoms with Crippen LogP contribution in [-0.4, -0.2) is 70.0 Å². The summed E-state index contributed by atoms with van der Waals surface area (Å²) in [7, 11) is 1.15. The van der Waals surface area contributed by atoms with E-state index in [4.69, 9.17) is 18.5 Å². The number of carbonyl (C=O) groups is 2. The van der Waals surface area contributed by atoms with Crippen molar-refractivity contribution in [2.45, 2.75) is 187 Å². The molecule has 0 N–H and O–H groups in total. The zero-order chi connectivity index (χ0) is 40.0. The lowest BCUT2D eigenvalue weighted by atomic mass is 10.1. The quantitative estimate of drug-likeness (QED) is 0.0199. The molecule has 0 saturated heterocycles. The summed E-state index contributed by atoms with van der Waals surface area (Å²) < 4.78 is 33.9. The van der Waals surface area contributed by atoms with Crippen molar-refractivity contribution in [3.05, 3.63) is 36.5 Å². The fraction of sp³-hybridized carbons (Fsp3) is 0.818. The number of phosphoric acid groups is 1. The lowest BCUT2D eigenvalue weighted by Gasteiger charge is -2.28. The van der Waals surface area contributed by atoms with Crippen molar-refractivity contribution in [2.24, 2.45) is 0 Å². The van der Waals surface area contributed by atoms with E-state index in [1.165, 1.54) is 77.0 Å². The van der Waals surface area contributed by atoms with Gasteiger partial charge in [0.25, 0.3) is 7.82 Å². The number of hydrogen-bond donors (Lipinski definition) is 0. The first-order valence-electron chi connectivity index (χ1n) is 21.7. The second-order valence-corrected chi connectivity index (χ2v) is 17.1. The third-order valence-corrected chi connectivity index (χ3v) is 10.1. The van der Waals surface area contributed by atoms with Crippen LogP contribution in [0.25, 0.3) is 0 Å². The van der Waals surface area contributed by atoms with Crippen LogP contribution in [0.3, 0.4) is 0 Å². The summed E-state index contributed by atoms with van der Waals surface area (Å²) in [5.74, 6) is -0.854. The van der Waals surface area contributed by atoms with Gasteiger partial charge >= 0.3 is 11.9 Å². The fourth-order valence-corrected chi connectivity index (χ4v) is 6.41. The average molecular weight is 784 g/mol. The molecule has 54 heavy (non-hydrogen) atoms. The molecule has 0 saturated carbocycles. The van der Waals surface area contributed by atoms with Gasteiger partial charge in [-0.15, -0.1) is 0 Å². The van der Waals surface area contributed by atoms with Crippen molar-refractivity contribution in [1.29, 1.82) is 0 Å². The number of ether oxygens (including phenoxy) is 2. The Labute approximate surface area is 331 Å². The van der Waals surface area contributed by atoms with Gasteiger partial charge in [0.05, 0.1) is 27.7 Å². The van der Waals surface area contributed by atoms with Crippen LogP contribution in [0.2, 0.25) is 0 Å². The van der Waals surface area contributed by atoms with Gasteiger partial charge in [-0.1, -0.05) is 134 Å². The van der Waals surface area contributed by atoms with Crippen LogP contribution in [0.4, 0.5) is 0 Å². The van der Waals surface area contributed by atoms with Crippen LogP contribution >= 0.6 is 7.82 Å². The summed E-state index contributed by atoms with van der Waals surface area (Å²) in [4.78, 5) is 37.5. The van der Waals surface area contributed by atoms with Crippen LogP contribution < -0.4 is 4.89 Å². The van der Waals surface area contributed by atoms with Gasteiger partial charge in [0, 0.05) is 12.8 Å². The normalized spacial score (nSPS) is 14.0. The molecule has 1 unspecified atom stereocenters. The first-order chi connectivity index (χ1) is 26.0. The minimum atomic E-state index is -4.63. The van der Waals surface area contributed by atoms with E-state index < -0.39 is 32.5 Å². The molecule has 0 aromatic rings. The SMILES string of the molecule is CCCCC/C=C/C/C=C/CCCCCCCCCC(=O)O[C@H](COC(=O)CCCCCCC/C=C/CCCCCC)COP(=O)([O-])OCC[N+](C)(C)C. The molecule has 0 heterocycles. The number of quaternary nitrogens is 1. The highest BCUT2D eigenvalue weighted by atomic mass is 31.2. The van der Waals surface area contributed by atoms with Gasteiger partial charge in [0.1, 0.15) is 19.8 Å². The van der Waals surface area contributed by atoms with Gasteiger partial charge in [0.15, 0.2) is 6.10 Å². The van der Waals surface area contributed by atoms with E-state index in [2.05, 4.69) is 50.3 Å². The Balaban J connectivity index is 4.39. The third-order valence-electron chi connectivity index (χ3n) is 9.13. The molecular weight excluding hydrogens is 701 g/mol. The van der Waals surface area contributed by atoms with Crippen molar-refractivity contribution in [2.75, 3.05) is 47.5 Å². The Kier molecular flexibility index (Phi) is 35.6. The number of carbonyl (C=O) groups excluding carboxylic acids is 2. The highest BCUT2D eigenvalue weighted by molar-refractivity contribution is 7.45. The van der Waals surface area contributed by atoms with Gasteiger partial charge in [0.2, 0.25) is 0 Å². The molecule has 0 fully saturated rings. The van der Waals surface area contributed by atoms with Gasteiger partial charge in [-0.05, 0) is 70.6 Å². The topological polar surface area (TPSA) is 111 Å². The number of esters is 2. The zero-order valence-corrected chi connectivity index (χ0v) is 36.3. The summed E-state index contributed by atoms with van der Waals surface area (Å²) in [5.41, 5.74) is 0. The van der Waals surface area contributed by atoms with Crippen LogP contribution in [0.5, 0.6) is 0 Å². The number of allylic oxidation sites excluding steroid dienone is 6. The van der Waals surface area contributed by atoms with Gasteiger partial charge in [-0.25, -0.2) is 0 Å². The number of hydrogen-bond acceptors (Lipinski definition) is 8.